The van der Waals surface area contributed by atoms with E-state index in [4.69, 9.17) is 14.3 Å². The highest BCUT2D eigenvalue weighted by atomic mass is 32.2. The van der Waals surface area contributed by atoms with Gasteiger partial charge in [0.1, 0.15) is 0 Å². The van der Waals surface area contributed by atoms with Crippen LogP contribution >= 0.6 is 0 Å². The second kappa shape index (κ2) is 5.98. The first kappa shape index (κ1) is 14.7. The van der Waals surface area contributed by atoms with E-state index in [2.05, 4.69) is 0 Å². The van der Waals surface area contributed by atoms with Crippen LogP contribution in [0, 0.1) is 0 Å². The zero-order valence-corrected chi connectivity index (χ0v) is 10.9. The van der Waals surface area contributed by atoms with Crippen molar-refractivity contribution >= 4 is 16.0 Å². The summed E-state index contributed by atoms with van der Waals surface area (Å²) in [4.78, 5) is 10.6. The Morgan fingerprint density at radius 1 is 1.50 bits per heavy atom. The van der Waals surface area contributed by atoms with Gasteiger partial charge in [-0.05, 0) is 19.1 Å². The summed E-state index contributed by atoms with van der Waals surface area (Å²) in [5.41, 5.74) is 0. The highest BCUT2D eigenvalue weighted by Gasteiger charge is 2.25. The Labute approximate surface area is 105 Å². The Morgan fingerprint density at radius 3 is 2.67 bits per heavy atom. The molecular weight excluding hydrogens is 262 g/mol. The lowest BCUT2D eigenvalue weighted by Gasteiger charge is -2.14. The summed E-state index contributed by atoms with van der Waals surface area (Å²) in [5.74, 6) is -1.72. The number of furan rings is 1. The molecule has 1 heterocycles. The topological polar surface area (TPSA) is 97.0 Å². The van der Waals surface area contributed by atoms with Crippen LogP contribution < -0.4 is 0 Å². The van der Waals surface area contributed by atoms with Crippen LogP contribution in [0.5, 0.6) is 0 Å². The summed E-state index contributed by atoms with van der Waals surface area (Å²) in [6.45, 7) is 2.73. The molecule has 1 N–H and O–H groups in total. The van der Waals surface area contributed by atoms with Crippen LogP contribution in [0.1, 0.15) is 17.5 Å². The summed E-state index contributed by atoms with van der Waals surface area (Å²) < 4.78 is 34.8. The Morgan fingerprint density at radius 2 is 2.17 bits per heavy atom. The Kier molecular flexibility index (Phi) is 4.88. The lowest BCUT2D eigenvalue weighted by Crippen LogP contribution is -2.30. The lowest BCUT2D eigenvalue weighted by molar-refractivity contribution is 0.0656. The molecule has 0 fully saturated rings. The van der Waals surface area contributed by atoms with E-state index in [9.17, 15) is 13.2 Å². The average Bonchev–Trinajstić information content (AvgIpc) is 2.79. The first-order chi connectivity index (χ1) is 8.39. The minimum absolute atomic E-state index is 0.166. The molecule has 0 atom stereocenters. The molecule has 0 amide bonds. The van der Waals surface area contributed by atoms with Gasteiger partial charge < -0.3 is 14.3 Å². The van der Waals surface area contributed by atoms with Gasteiger partial charge in [0.15, 0.2) is 0 Å². The van der Waals surface area contributed by atoms with Gasteiger partial charge in [0, 0.05) is 20.2 Å². The molecule has 7 nitrogen and oxygen atoms in total. The molecule has 8 heteroatoms. The van der Waals surface area contributed by atoms with Crippen LogP contribution in [0.25, 0.3) is 0 Å². The molecule has 0 saturated carbocycles. The van der Waals surface area contributed by atoms with E-state index >= 15 is 0 Å². The molecule has 0 aliphatic carbocycles. The third-order valence-electron chi connectivity index (χ3n) is 2.21. The molecule has 0 aromatic carbocycles. The number of carbonyl (C=O) groups is 1. The molecule has 0 radical (unpaired) electrons. The first-order valence-corrected chi connectivity index (χ1v) is 6.70. The van der Waals surface area contributed by atoms with Crippen molar-refractivity contribution in [3.05, 3.63) is 17.9 Å². The maximum Gasteiger partial charge on any atom is 0.371 e. The zero-order chi connectivity index (χ0) is 13.8. The van der Waals surface area contributed by atoms with Gasteiger partial charge in [0.25, 0.3) is 10.0 Å². The highest BCUT2D eigenvalue weighted by Crippen LogP contribution is 2.17. The predicted molar refractivity (Wildman–Crippen MR) is 62.0 cm³/mol. The molecule has 1 aromatic heterocycles. The minimum atomic E-state index is -3.81. The van der Waals surface area contributed by atoms with Gasteiger partial charge >= 0.3 is 5.97 Å². The summed E-state index contributed by atoms with van der Waals surface area (Å²) in [6.07, 6.45) is 0. The van der Waals surface area contributed by atoms with Gasteiger partial charge in [-0.2, -0.15) is 4.31 Å². The number of ether oxygens (including phenoxy) is 1. The molecule has 0 saturated heterocycles. The van der Waals surface area contributed by atoms with E-state index in [1.165, 1.54) is 7.05 Å². The third kappa shape index (κ3) is 3.31. The number of hydrogen-bond donors (Lipinski definition) is 1. The third-order valence-corrected chi connectivity index (χ3v) is 3.94. The molecule has 0 spiro atoms. The standard InChI is InChI=1S/C10H15NO6S/c1-3-16-7-6-11(2)18(14,15)9-5-4-8(17-9)10(12)13/h4-5H,3,6-7H2,1-2H3,(H,12,13). The van der Waals surface area contributed by atoms with Crippen LogP contribution in [0.2, 0.25) is 0 Å². The van der Waals surface area contributed by atoms with Gasteiger partial charge in [0.05, 0.1) is 6.61 Å². The van der Waals surface area contributed by atoms with Crippen LogP contribution in [0.4, 0.5) is 0 Å². The number of rotatable bonds is 7. The van der Waals surface area contributed by atoms with E-state index in [-0.39, 0.29) is 18.2 Å². The maximum atomic E-state index is 11.9. The van der Waals surface area contributed by atoms with Crippen molar-refractivity contribution in [2.75, 3.05) is 26.8 Å². The fraction of sp³-hybridized carbons (Fsp3) is 0.500. The van der Waals surface area contributed by atoms with Crippen molar-refractivity contribution < 1.29 is 27.5 Å². The molecule has 102 valence electrons. The molecule has 0 bridgehead atoms. The maximum absolute atomic E-state index is 11.9. The van der Waals surface area contributed by atoms with Crippen molar-refractivity contribution in [1.29, 1.82) is 0 Å². The normalized spacial score (nSPS) is 11.9. The van der Waals surface area contributed by atoms with Crippen LogP contribution in [0.3, 0.4) is 0 Å². The van der Waals surface area contributed by atoms with Crippen molar-refractivity contribution in [2.24, 2.45) is 0 Å². The number of likely N-dealkylation sites (N-methyl/N-ethyl adjacent to an activating group) is 1. The minimum Gasteiger partial charge on any atom is -0.475 e. The van der Waals surface area contributed by atoms with Crippen LogP contribution in [-0.2, 0) is 14.8 Å². The summed E-state index contributed by atoms with van der Waals surface area (Å²) in [7, 11) is -2.44. The number of sulfonamides is 1. The lowest BCUT2D eigenvalue weighted by atomic mass is 10.5. The molecule has 0 aliphatic rings. The smallest absolute Gasteiger partial charge is 0.371 e. The highest BCUT2D eigenvalue weighted by molar-refractivity contribution is 7.89. The predicted octanol–water partition coefficient (Wildman–Crippen LogP) is 0.635. The molecule has 18 heavy (non-hydrogen) atoms. The van der Waals surface area contributed by atoms with Gasteiger partial charge in [-0.25, -0.2) is 13.2 Å². The van der Waals surface area contributed by atoms with Crippen LogP contribution in [-0.4, -0.2) is 50.6 Å². The summed E-state index contributed by atoms with van der Waals surface area (Å²) in [6, 6.07) is 2.22. The van der Waals surface area contributed by atoms with Gasteiger partial charge in [-0.3, -0.25) is 0 Å². The molecular formula is C10H15NO6S. The number of hydrogen-bond acceptors (Lipinski definition) is 5. The van der Waals surface area contributed by atoms with Gasteiger partial charge in [-0.15, -0.1) is 0 Å². The number of carboxylic acid groups (broad SMARTS) is 1. The van der Waals surface area contributed by atoms with E-state index in [1.807, 2.05) is 0 Å². The van der Waals surface area contributed by atoms with Gasteiger partial charge in [-0.1, -0.05) is 0 Å². The van der Waals surface area contributed by atoms with Crippen molar-refractivity contribution in [1.82, 2.24) is 4.31 Å². The van der Waals surface area contributed by atoms with Crippen molar-refractivity contribution in [3.8, 4) is 0 Å². The van der Waals surface area contributed by atoms with E-state index < -0.39 is 21.8 Å². The van der Waals surface area contributed by atoms with Crippen LogP contribution in [0.15, 0.2) is 21.6 Å². The summed E-state index contributed by atoms with van der Waals surface area (Å²) >= 11 is 0. The monoisotopic (exact) mass is 277 g/mol. The van der Waals surface area contributed by atoms with E-state index in [0.717, 1.165) is 16.4 Å². The molecule has 1 aromatic rings. The number of carboxylic acids is 1. The summed E-state index contributed by atoms with van der Waals surface area (Å²) in [5, 5.41) is 8.26. The van der Waals surface area contributed by atoms with Gasteiger partial charge in [0.2, 0.25) is 10.9 Å². The largest absolute Gasteiger partial charge is 0.475 e. The fourth-order valence-corrected chi connectivity index (χ4v) is 2.24. The van der Waals surface area contributed by atoms with Crippen molar-refractivity contribution in [2.45, 2.75) is 12.0 Å². The fourth-order valence-electron chi connectivity index (χ4n) is 1.18. The van der Waals surface area contributed by atoms with Crippen molar-refractivity contribution in [3.63, 3.8) is 0 Å². The molecule has 0 aliphatic heterocycles. The van der Waals surface area contributed by atoms with E-state index in [0.29, 0.717) is 6.61 Å². The van der Waals surface area contributed by atoms with E-state index in [1.54, 1.807) is 6.92 Å². The quantitative estimate of drug-likeness (QED) is 0.734. The Bertz CT molecular complexity index is 506. The number of aromatic carboxylic acids is 1. The number of nitrogens with zero attached hydrogens (tertiary/aromatic N) is 1. The first-order valence-electron chi connectivity index (χ1n) is 5.26. The SMILES string of the molecule is CCOCCN(C)S(=O)(=O)c1ccc(C(=O)O)o1. The Hall–Kier alpha value is -1.38. The molecule has 1 rings (SSSR count). The second-order valence-electron chi connectivity index (χ2n) is 3.45. The Balaban J connectivity index is 2.81. The average molecular weight is 277 g/mol. The second-order valence-corrected chi connectivity index (χ2v) is 5.42. The molecule has 0 unspecified atom stereocenters. The zero-order valence-electron chi connectivity index (χ0n) is 10.1.